The maximum Gasteiger partial charge on any atom is 0.343 e. The first-order valence-corrected chi connectivity index (χ1v) is 12.6. The van der Waals surface area contributed by atoms with E-state index in [2.05, 4.69) is 15.0 Å². The molecule has 2 aromatic rings. The highest BCUT2D eigenvalue weighted by Crippen LogP contribution is 2.37. The zero-order valence-electron chi connectivity index (χ0n) is 20.9. The van der Waals surface area contributed by atoms with E-state index >= 15 is 0 Å². The molecule has 0 aliphatic carbocycles. The van der Waals surface area contributed by atoms with Crippen LogP contribution in [0.15, 0.2) is 47.4 Å². The van der Waals surface area contributed by atoms with E-state index < -0.39 is 29.6 Å². The van der Waals surface area contributed by atoms with Crippen LogP contribution in [0.4, 0.5) is 16.2 Å². The fraction of sp³-hybridized carbons (Fsp3) is 0.308. The summed E-state index contributed by atoms with van der Waals surface area (Å²) >= 11 is 0.709. The lowest BCUT2D eigenvalue weighted by molar-refractivity contribution is -0.143. The van der Waals surface area contributed by atoms with Crippen LogP contribution in [0.3, 0.4) is 0 Å². The summed E-state index contributed by atoms with van der Waals surface area (Å²) in [6.45, 7) is 2.14. The van der Waals surface area contributed by atoms with Gasteiger partial charge in [-0.3, -0.25) is 19.3 Å². The SMILES string of the molecule is COC(=O)COc1c(/C=C2/SC(=O)N(CC(=O)Nc3ccc(N4CCOCC4)cc3)C2=O)cccc1OC. The monoisotopic (exact) mass is 541 g/mol. The molecule has 200 valence electrons. The van der Waals surface area contributed by atoms with Gasteiger partial charge in [-0.25, -0.2) is 4.79 Å². The summed E-state index contributed by atoms with van der Waals surface area (Å²) < 4.78 is 20.8. The van der Waals surface area contributed by atoms with E-state index in [1.165, 1.54) is 20.3 Å². The van der Waals surface area contributed by atoms with Crippen molar-refractivity contribution in [2.45, 2.75) is 0 Å². The molecule has 4 rings (SSSR count). The second-order valence-electron chi connectivity index (χ2n) is 8.21. The van der Waals surface area contributed by atoms with E-state index in [1.807, 2.05) is 12.1 Å². The van der Waals surface area contributed by atoms with Gasteiger partial charge in [0.1, 0.15) is 6.54 Å². The number of esters is 1. The number of imide groups is 1. The first-order chi connectivity index (χ1) is 18.4. The molecular weight excluding hydrogens is 514 g/mol. The Morgan fingerprint density at radius 3 is 2.50 bits per heavy atom. The minimum absolute atomic E-state index is 0.105. The quantitative estimate of drug-likeness (QED) is 0.374. The Hall–Kier alpha value is -4.03. The first-order valence-electron chi connectivity index (χ1n) is 11.7. The van der Waals surface area contributed by atoms with Crippen LogP contribution in [-0.4, -0.2) is 81.6 Å². The van der Waals surface area contributed by atoms with Crippen molar-refractivity contribution in [3.8, 4) is 11.5 Å². The summed E-state index contributed by atoms with van der Waals surface area (Å²) in [6, 6.07) is 12.3. The summed E-state index contributed by atoms with van der Waals surface area (Å²) in [5.41, 5.74) is 2.00. The summed E-state index contributed by atoms with van der Waals surface area (Å²) in [5.74, 6) is -1.16. The summed E-state index contributed by atoms with van der Waals surface area (Å²) in [4.78, 5) is 52.9. The van der Waals surface area contributed by atoms with Gasteiger partial charge in [0.25, 0.3) is 11.1 Å². The predicted octanol–water partition coefficient (Wildman–Crippen LogP) is 2.76. The molecular formula is C26H27N3O8S. The molecule has 38 heavy (non-hydrogen) atoms. The van der Waals surface area contributed by atoms with Crippen molar-refractivity contribution < 1.29 is 38.1 Å². The van der Waals surface area contributed by atoms with Crippen LogP contribution < -0.4 is 19.7 Å². The molecule has 0 aromatic heterocycles. The molecule has 2 fully saturated rings. The zero-order chi connectivity index (χ0) is 27.1. The molecule has 1 N–H and O–H groups in total. The number of amides is 3. The molecule has 2 saturated heterocycles. The van der Waals surface area contributed by atoms with Gasteiger partial charge in [-0.15, -0.1) is 0 Å². The maximum absolute atomic E-state index is 13.0. The highest BCUT2D eigenvalue weighted by atomic mass is 32.2. The Labute approximate surface area is 223 Å². The second-order valence-corrected chi connectivity index (χ2v) is 9.20. The Kier molecular flexibility index (Phi) is 8.87. The van der Waals surface area contributed by atoms with Gasteiger partial charge in [0.15, 0.2) is 18.1 Å². The zero-order valence-corrected chi connectivity index (χ0v) is 21.7. The third-order valence-corrected chi connectivity index (χ3v) is 6.69. The van der Waals surface area contributed by atoms with Crippen molar-refractivity contribution in [2.75, 3.05) is 63.9 Å². The molecule has 2 heterocycles. The predicted molar refractivity (Wildman–Crippen MR) is 141 cm³/mol. The van der Waals surface area contributed by atoms with Crippen LogP contribution in [0.5, 0.6) is 11.5 Å². The number of para-hydroxylation sites is 1. The number of rotatable bonds is 9. The minimum atomic E-state index is -0.612. The summed E-state index contributed by atoms with van der Waals surface area (Å²) in [7, 11) is 2.67. The molecule has 11 nitrogen and oxygen atoms in total. The fourth-order valence-electron chi connectivity index (χ4n) is 3.85. The second kappa shape index (κ2) is 12.5. The van der Waals surface area contributed by atoms with Gasteiger partial charge in [-0.2, -0.15) is 0 Å². The lowest BCUT2D eigenvalue weighted by Gasteiger charge is -2.28. The fourth-order valence-corrected chi connectivity index (χ4v) is 4.68. The topological polar surface area (TPSA) is 124 Å². The van der Waals surface area contributed by atoms with Gasteiger partial charge in [0.05, 0.1) is 32.3 Å². The van der Waals surface area contributed by atoms with Crippen LogP contribution in [0.25, 0.3) is 6.08 Å². The Morgan fingerprint density at radius 2 is 1.82 bits per heavy atom. The van der Waals surface area contributed by atoms with Crippen LogP contribution in [0, 0.1) is 0 Å². The Morgan fingerprint density at radius 1 is 1.08 bits per heavy atom. The van der Waals surface area contributed by atoms with Gasteiger partial charge in [-0.05, 0) is 48.2 Å². The Balaban J connectivity index is 1.42. The van der Waals surface area contributed by atoms with Gasteiger partial charge < -0.3 is 29.2 Å². The van der Waals surface area contributed by atoms with E-state index in [0.29, 0.717) is 42.0 Å². The molecule has 0 bridgehead atoms. The van der Waals surface area contributed by atoms with Crippen molar-refractivity contribution in [3.05, 3.63) is 52.9 Å². The molecule has 0 radical (unpaired) electrons. The molecule has 2 aliphatic heterocycles. The minimum Gasteiger partial charge on any atom is -0.493 e. The summed E-state index contributed by atoms with van der Waals surface area (Å²) in [5, 5.41) is 2.15. The number of nitrogens with zero attached hydrogens (tertiary/aromatic N) is 2. The van der Waals surface area contributed by atoms with Crippen molar-refractivity contribution in [1.29, 1.82) is 0 Å². The number of methoxy groups -OCH3 is 2. The number of benzene rings is 2. The lowest BCUT2D eigenvalue weighted by atomic mass is 10.1. The van der Waals surface area contributed by atoms with Crippen molar-refractivity contribution >= 4 is 52.2 Å². The normalized spacial score (nSPS) is 16.5. The molecule has 3 amide bonds. The number of hydrogen-bond donors (Lipinski definition) is 1. The molecule has 0 spiro atoms. The average Bonchev–Trinajstić information content (AvgIpc) is 3.19. The lowest BCUT2D eigenvalue weighted by Crippen LogP contribution is -2.36. The molecule has 0 unspecified atom stereocenters. The highest BCUT2D eigenvalue weighted by molar-refractivity contribution is 8.18. The van der Waals surface area contributed by atoms with E-state index in [-0.39, 0.29) is 17.3 Å². The van der Waals surface area contributed by atoms with Gasteiger partial charge in [0.2, 0.25) is 5.91 Å². The number of thioether (sulfide) groups is 1. The van der Waals surface area contributed by atoms with Crippen LogP contribution >= 0.6 is 11.8 Å². The number of hydrogen-bond acceptors (Lipinski definition) is 10. The molecule has 2 aliphatic rings. The van der Waals surface area contributed by atoms with Crippen molar-refractivity contribution in [2.24, 2.45) is 0 Å². The van der Waals surface area contributed by atoms with E-state index in [4.69, 9.17) is 14.2 Å². The molecule has 0 atom stereocenters. The van der Waals surface area contributed by atoms with Crippen molar-refractivity contribution in [3.63, 3.8) is 0 Å². The standard InChI is InChI=1S/C26H27N3O8S/c1-34-20-5-3-4-17(24(20)37-16-23(31)35-2)14-21-25(32)29(26(33)38-21)15-22(30)27-18-6-8-19(9-7-18)28-10-12-36-13-11-28/h3-9,14H,10-13,15-16H2,1-2H3,(H,27,30)/b21-14+. The number of anilines is 2. The smallest absolute Gasteiger partial charge is 0.343 e. The number of carbonyl (C=O) groups is 4. The van der Waals surface area contributed by atoms with Crippen LogP contribution in [0.2, 0.25) is 0 Å². The number of morpholine rings is 1. The first kappa shape index (κ1) is 27.0. The maximum atomic E-state index is 13.0. The van der Waals surface area contributed by atoms with Gasteiger partial charge in [0, 0.05) is 30.0 Å². The van der Waals surface area contributed by atoms with Crippen LogP contribution in [-0.2, 0) is 23.9 Å². The third kappa shape index (κ3) is 6.45. The van der Waals surface area contributed by atoms with E-state index in [9.17, 15) is 19.2 Å². The largest absolute Gasteiger partial charge is 0.493 e. The third-order valence-electron chi connectivity index (χ3n) is 5.78. The van der Waals surface area contributed by atoms with Crippen molar-refractivity contribution in [1.82, 2.24) is 4.90 Å². The van der Waals surface area contributed by atoms with E-state index in [0.717, 1.165) is 23.7 Å². The number of carbonyl (C=O) groups excluding carboxylic acids is 4. The molecule has 12 heteroatoms. The van der Waals surface area contributed by atoms with Gasteiger partial charge >= 0.3 is 5.97 Å². The van der Waals surface area contributed by atoms with E-state index in [1.54, 1.807) is 30.3 Å². The highest BCUT2D eigenvalue weighted by Gasteiger charge is 2.36. The summed E-state index contributed by atoms with van der Waals surface area (Å²) in [6.07, 6.45) is 1.46. The van der Waals surface area contributed by atoms with Gasteiger partial charge in [-0.1, -0.05) is 12.1 Å². The molecule has 0 saturated carbocycles. The Bertz CT molecular complexity index is 1240. The average molecular weight is 542 g/mol. The number of ether oxygens (including phenoxy) is 4. The number of nitrogens with one attached hydrogen (secondary N) is 1. The van der Waals surface area contributed by atoms with Crippen LogP contribution in [0.1, 0.15) is 5.56 Å². The molecule has 2 aromatic carbocycles.